The van der Waals surface area contributed by atoms with Crippen LogP contribution in [0.4, 0.5) is 5.69 Å². The SMILES string of the molecule is Cc1ccccc1N1C(=O)C2C(c3cc(Cl)cc(Cl)c3Cl)NC(Cc3ccccc3)(C(=O)O)C2C1=O. The van der Waals surface area contributed by atoms with Gasteiger partial charge in [-0.25, -0.2) is 4.90 Å². The molecule has 184 valence electrons. The number of aryl methyl sites for hydroxylation is 1. The number of carbonyl (C=O) groups is 3. The smallest absolute Gasteiger partial charge is 0.325 e. The molecule has 0 aliphatic carbocycles. The van der Waals surface area contributed by atoms with E-state index in [9.17, 15) is 19.5 Å². The fourth-order valence-electron chi connectivity index (χ4n) is 5.48. The van der Waals surface area contributed by atoms with Gasteiger partial charge in [0, 0.05) is 17.5 Å². The number of nitrogens with one attached hydrogen (secondary N) is 1. The van der Waals surface area contributed by atoms with E-state index in [-0.39, 0.29) is 21.5 Å². The number of para-hydroxylation sites is 1. The van der Waals surface area contributed by atoms with Gasteiger partial charge in [0.05, 0.1) is 27.6 Å². The summed E-state index contributed by atoms with van der Waals surface area (Å²) in [5.41, 5.74) is 0.440. The standard InChI is InChI=1S/C27H21Cl3N2O4/c1-14-7-5-6-10-19(14)32-24(33)20-21(25(32)34)27(26(35)36,13-15-8-3-2-4-9-15)31-23(20)17-11-16(28)12-18(29)22(17)30/h2-12,20-21,23,31H,13H2,1H3,(H,35,36). The number of benzene rings is 3. The van der Waals surface area contributed by atoms with Gasteiger partial charge in [0.2, 0.25) is 11.8 Å². The highest BCUT2D eigenvalue weighted by molar-refractivity contribution is 6.43. The molecule has 0 aromatic heterocycles. The molecule has 0 saturated carbocycles. The number of rotatable bonds is 5. The Bertz CT molecular complexity index is 1400. The quantitative estimate of drug-likeness (QED) is 0.329. The summed E-state index contributed by atoms with van der Waals surface area (Å²) in [4.78, 5) is 42.0. The first-order chi connectivity index (χ1) is 17.2. The van der Waals surface area contributed by atoms with Crippen LogP contribution in [0.15, 0.2) is 66.7 Å². The molecule has 4 unspecified atom stereocenters. The molecule has 2 saturated heterocycles. The van der Waals surface area contributed by atoms with Crippen LogP contribution in [-0.4, -0.2) is 28.4 Å². The zero-order valence-corrected chi connectivity index (χ0v) is 21.3. The number of halogens is 3. The monoisotopic (exact) mass is 542 g/mol. The average molecular weight is 544 g/mol. The van der Waals surface area contributed by atoms with Crippen LogP contribution in [0.2, 0.25) is 15.1 Å². The van der Waals surface area contributed by atoms with Gasteiger partial charge in [0.15, 0.2) is 0 Å². The molecular formula is C27H21Cl3N2O4. The van der Waals surface area contributed by atoms with Gasteiger partial charge >= 0.3 is 5.97 Å². The summed E-state index contributed by atoms with van der Waals surface area (Å²) in [6.07, 6.45) is -0.0204. The highest BCUT2D eigenvalue weighted by Gasteiger charge is 2.69. The lowest BCUT2D eigenvalue weighted by molar-refractivity contribution is -0.148. The Balaban J connectivity index is 1.72. The van der Waals surface area contributed by atoms with Crippen molar-refractivity contribution >= 4 is 58.3 Å². The number of carboxylic acids is 1. The van der Waals surface area contributed by atoms with Gasteiger partial charge in [-0.3, -0.25) is 19.7 Å². The maximum Gasteiger partial charge on any atom is 0.325 e. The molecule has 0 radical (unpaired) electrons. The first kappa shape index (κ1) is 24.8. The highest BCUT2D eigenvalue weighted by atomic mass is 35.5. The topological polar surface area (TPSA) is 86.7 Å². The van der Waals surface area contributed by atoms with Crippen molar-refractivity contribution in [2.45, 2.75) is 24.9 Å². The van der Waals surface area contributed by atoms with Crippen molar-refractivity contribution in [3.05, 3.63) is 98.5 Å². The second-order valence-corrected chi connectivity index (χ2v) is 10.4. The number of aliphatic carboxylic acids is 1. The number of fused-ring (bicyclic) bond motifs is 1. The molecule has 0 bridgehead atoms. The summed E-state index contributed by atoms with van der Waals surface area (Å²) in [5.74, 6) is -4.54. The Morgan fingerprint density at radius 1 is 1.00 bits per heavy atom. The summed E-state index contributed by atoms with van der Waals surface area (Å²) >= 11 is 19.1. The molecule has 2 fully saturated rings. The van der Waals surface area contributed by atoms with Crippen LogP contribution >= 0.6 is 34.8 Å². The fourth-order valence-corrected chi connectivity index (χ4v) is 6.21. The van der Waals surface area contributed by atoms with Crippen molar-refractivity contribution in [1.82, 2.24) is 5.32 Å². The minimum absolute atomic E-state index is 0.0204. The molecular weight excluding hydrogens is 523 g/mol. The van der Waals surface area contributed by atoms with E-state index >= 15 is 0 Å². The second kappa shape index (κ2) is 9.20. The number of nitrogens with zero attached hydrogens (tertiary/aromatic N) is 1. The number of hydrogen-bond donors (Lipinski definition) is 2. The molecule has 2 amide bonds. The zero-order valence-electron chi connectivity index (χ0n) is 19.0. The van der Waals surface area contributed by atoms with Crippen molar-refractivity contribution < 1.29 is 19.5 Å². The molecule has 2 aliphatic rings. The maximum absolute atomic E-state index is 14.0. The van der Waals surface area contributed by atoms with Gasteiger partial charge < -0.3 is 5.11 Å². The van der Waals surface area contributed by atoms with Gasteiger partial charge in [0.25, 0.3) is 0 Å². The Morgan fingerprint density at radius 2 is 1.67 bits per heavy atom. The van der Waals surface area contributed by atoms with E-state index in [1.165, 1.54) is 6.07 Å². The lowest BCUT2D eigenvalue weighted by atomic mass is 9.76. The van der Waals surface area contributed by atoms with Gasteiger partial charge in [0.1, 0.15) is 5.54 Å². The Labute approximate surface area is 222 Å². The third-order valence-corrected chi connectivity index (χ3v) is 8.11. The molecule has 3 aromatic carbocycles. The van der Waals surface area contributed by atoms with Crippen molar-refractivity contribution in [2.75, 3.05) is 4.90 Å². The summed E-state index contributed by atoms with van der Waals surface area (Å²) in [7, 11) is 0. The van der Waals surface area contributed by atoms with Crippen molar-refractivity contribution in [1.29, 1.82) is 0 Å². The normalized spacial score (nSPS) is 25.3. The average Bonchev–Trinajstić information content (AvgIpc) is 3.31. The van der Waals surface area contributed by atoms with Crippen LogP contribution in [0.3, 0.4) is 0 Å². The lowest BCUT2D eigenvalue weighted by Crippen LogP contribution is -2.57. The predicted molar refractivity (Wildman–Crippen MR) is 139 cm³/mol. The number of imide groups is 1. The maximum atomic E-state index is 14.0. The molecule has 36 heavy (non-hydrogen) atoms. The van der Waals surface area contributed by atoms with E-state index in [4.69, 9.17) is 34.8 Å². The molecule has 9 heteroatoms. The second-order valence-electron chi connectivity index (χ2n) is 9.15. The van der Waals surface area contributed by atoms with E-state index in [1.54, 1.807) is 61.5 Å². The van der Waals surface area contributed by atoms with E-state index < -0.39 is 41.2 Å². The molecule has 5 rings (SSSR count). The first-order valence-corrected chi connectivity index (χ1v) is 12.4. The summed E-state index contributed by atoms with van der Waals surface area (Å²) in [6.45, 7) is 1.79. The van der Waals surface area contributed by atoms with Crippen molar-refractivity contribution in [3.63, 3.8) is 0 Å². The summed E-state index contributed by atoms with van der Waals surface area (Å²) in [6, 6.07) is 18.1. The Kier molecular flexibility index (Phi) is 6.33. The fraction of sp³-hybridized carbons (Fsp3) is 0.222. The Hall–Kier alpha value is -2.90. The van der Waals surface area contributed by atoms with Gasteiger partial charge in [-0.15, -0.1) is 0 Å². The molecule has 2 heterocycles. The van der Waals surface area contributed by atoms with Crippen LogP contribution in [0.25, 0.3) is 0 Å². The molecule has 4 atom stereocenters. The minimum Gasteiger partial charge on any atom is -0.480 e. The lowest BCUT2D eigenvalue weighted by Gasteiger charge is -2.31. The van der Waals surface area contributed by atoms with Crippen molar-refractivity contribution in [3.8, 4) is 0 Å². The van der Waals surface area contributed by atoms with Crippen LogP contribution < -0.4 is 10.2 Å². The molecule has 6 nitrogen and oxygen atoms in total. The van der Waals surface area contributed by atoms with E-state index in [2.05, 4.69) is 5.32 Å². The summed E-state index contributed by atoms with van der Waals surface area (Å²) in [5, 5.41) is 14.3. The summed E-state index contributed by atoms with van der Waals surface area (Å²) < 4.78 is 0. The largest absolute Gasteiger partial charge is 0.480 e. The number of anilines is 1. The molecule has 2 N–H and O–H groups in total. The van der Waals surface area contributed by atoms with Gasteiger partial charge in [-0.05, 0) is 41.8 Å². The van der Waals surface area contributed by atoms with Crippen LogP contribution in [0.5, 0.6) is 0 Å². The molecule has 0 spiro atoms. The molecule has 3 aromatic rings. The zero-order chi connectivity index (χ0) is 25.8. The third kappa shape index (κ3) is 3.80. The molecule has 2 aliphatic heterocycles. The predicted octanol–water partition coefficient (Wildman–Crippen LogP) is 5.47. The van der Waals surface area contributed by atoms with E-state index in [0.717, 1.165) is 10.5 Å². The van der Waals surface area contributed by atoms with Crippen molar-refractivity contribution in [2.24, 2.45) is 11.8 Å². The van der Waals surface area contributed by atoms with E-state index in [0.29, 0.717) is 16.8 Å². The van der Waals surface area contributed by atoms with Crippen LogP contribution in [0.1, 0.15) is 22.7 Å². The number of hydrogen-bond acceptors (Lipinski definition) is 4. The number of amides is 2. The number of carbonyl (C=O) groups excluding carboxylic acids is 2. The van der Waals surface area contributed by atoms with Gasteiger partial charge in [-0.2, -0.15) is 0 Å². The first-order valence-electron chi connectivity index (χ1n) is 11.3. The minimum atomic E-state index is -1.78. The van der Waals surface area contributed by atoms with Crippen LogP contribution in [0, 0.1) is 18.8 Å². The van der Waals surface area contributed by atoms with Gasteiger partial charge in [-0.1, -0.05) is 83.3 Å². The van der Waals surface area contributed by atoms with E-state index in [1.807, 2.05) is 6.07 Å². The number of carboxylic acid groups (broad SMARTS) is 1. The Morgan fingerprint density at radius 3 is 2.33 bits per heavy atom. The third-order valence-electron chi connectivity index (χ3n) is 7.07. The highest BCUT2D eigenvalue weighted by Crippen LogP contribution is 2.53. The van der Waals surface area contributed by atoms with Crippen LogP contribution in [-0.2, 0) is 20.8 Å².